The summed E-state index contributed by atoms with van der Waals surface area (Å²) in [4.78, 5) is 11.6. The van der Waals surface area contributed by atoms with Gasteiger partial charge in [0.1, 0.15) is 6.10 Å². The molecule has 2 N–H and O–H groups in total. The molecule has 4 heteroatoms. The number of amides is 1. The lowest BCUT2D eigenvalue weighted by molar-refractivity contribution is -0.121. The Morgan fingerprint density at radius 2 is 2.15 bits per heavy atom. The summed E-state index contributed by atoms with van der Waals surface area (Å²) in [6, 6.07) is 0. The van der Waals surface area contributed by atoms with Gasteiger partial charge in [0.05, 0.1) is 6.10 Å². The topological polar surface area (TPSA) is 58.6 Å². The van der Waals surface area contributed by atoms with Crippen LogP contribution in [0.2, 0.25) is 0 Å². The second-order valence-corrected chi connectivity index (χ2v) is 5.51. The first-order chi connectivity index (χ1) is 9.54. The summed E-state index contributed by atoms with van der Waals surface area (Å²) in [5, 5.41) is 13.2. The van der Waals surface area contributed by atoms with E-state index in [1.807, 2.05) is 32.1 Å². The maximum Gasteiger partial charge on any atom is 0.220 e. The summed E-state index contributed by atoms with van der Waals surface area (Å²) < 4.78 is 5.35. The van der Waals surface area contributed by atoms with Crippen molar-refractivity contribution in [3.63, 3.8) is 0 Å². The Bertz CT molecular complexity index is 363. The lowest BCUT2D eigenvalue weighted by Crippen LogP contribution is -2.32. The van der Waals surface area contributed by atoms with Crippen molar-refractivity contribution in [3.8, 4) is 0 Å². The first-order valence-electron chi connectivity index (χ1n) is 7.36. The maximum absolute atomic E-state index is 11.6. The Morgan fingerprint density at radius 3 is 2.85 bits per heavy atom. The van der Waals surface area contributed by atoms with Crippen LogP contribution in [0.25, 0.3) is 0 Å². The largest absolute Gasteiger partial charge is 0.389 e. The Labute approximate surface area is 121 Å². The van der Waals surface area contributed by atoms with Crippen molar-refractivity contribution >= 4 is 5.91 Å². The third-order valence-corrected chi connectivity index (χ3v) is 3.61. The van der Waals surface area contributed by atoms with Crippen LogP contribution in [-0.2, 0) is 9.53 Å². The van der Waals surface area contributed by atoms with E-state index in [0.717, 1.165) is 24.8 Å². The second kappa shape index (κ2) is 8.93. The molecule has 1 aliphatic heterocycles. The molecule has 0 radical (unpaired) electrons. The van der Waals surface area contributed by atoms with E-state index < -0.39 is 6.10 Å². The molecule has 1 rings (SSSR count). The van der Waals surface area contributed by atoms with Gasteiger partial charge in [0.2, 0.25) is 5.91 Å². The van der Waals surface area contributed by atoms with Crippen molar-refractivity contribution in [3.05, 3.63) is 23.8 Å². The smallest absolute Gasteiger partial charge is 0.220 e. The molecule has 114 valence electrons. The second-order valence-electron chi connectivity index (χ2n) is 5.51. The molecule has 0 saturated heterocycles. The maximum atomic E-state index is 11.6. The van der Waals surface area contributed by atoms with Gasteiger partial charge in [-0.25, -0.2) is 0 Å². The van der Waals surface area contributed by atoms with E-state index in [1.54, 1.807) is 7.11 Å². The third-order valence-electron chi connectivity index (χ3n) is 3.61. The van der Waals surface area contributed by atoms with Gasteiger partial charge < -0.3 is 15.2 Å². The Kier molecular flexibility index (Phi) is 7.55. The van der Waals surface area contributed by atoms with E-state index in [-0.39, 0.29) is 17.9 Å². The van der Waals surface area contributed by atoms with Crippen molar-refractivity contribution in [2.45, 2.75) is 51.7 Å². The van der Waals surface area contributed by atoms with Gasteiger partial charge in [-0.1, -0.05) is 30.7 Å². The number of allylic oxidation sites excluding steroid dienone is 1. The number of aliphatic hydroxyl groups is 1. The highest BCUT2D eigenvalue weighted by Crippen LogP contribution is 2.15. The lowest BCUT2D eigenvalue weighted by atomic mass is 9.96. The molecule has 20 heavy (non-hydrogen) atoms. The van der Waals surface area contributed by atoms with Gasteiger partial charge in [-0.3, -0.25) is 4.79 Å². The van der Waals surface area contributed by atoms with Gasteiger partial charge in [-0.2, -0.15) is 0 Å². The van der Waals surface area contributed by atoms with E-state index in [4.69, 9.17) is 4.74 Å². The average Bonchev–Trinajstić information content (AvgIpc) is 2.43. The fourth-order valence-corrected chi connectivity index (χ4v) is 2.34. The minimum atomic E-state index is -0.579. The zero-order valence-corrected chi connectivity index (χ0v) is 12.8. The van der Waals surface area contributed by atoms with E-state index in [9.17, 15) is 9.90 Å². The standard InChI is InChI=1S/C16H27NO3/c1-12-10-13(2)16(19)14(20-3)8-6-4-5-7-9-15(18)17-11-12/h6,8,10,13-14,16,19H,4-5,7,9,11H2,1-3H3,(H,17,18)/t13-,14+,16?/m1/s1. The van der Waals surface area contributed by atoms with Crippen molar-refractivity contribution < 1.29 is 14.6 Å². The van der Waals surface area contributed by atoms with Crippen LogP contribution in [-0.4, -0.2) is 36.9 Å². The Hall–Kier alpha value is -1.13. The molecule has 0 spiro atoms. The highest BCUT2D eigenvalue weighted by atomic mass is 16.5. The van der Waals surface area contributed by atoms with Crippen molar-refractivity contribution in [2.24, 2.45) is 5.92 Å². The summed E-state index contributed by atoms with van der Waals surface area (Å²) >= 11 is 0. The van der Waals surface area contributed by atoms with Crippen LogP contribution < -0.4 is 5.32 Å². The first-order valence-corrected chi connectivity index (χ1v) is 7.36. The molecule has 3 atom stereocenters. The van der Waals surface area contributed by atoms with Gasteiger partial charge in [0.25, 0.3) is 0 Å². The molecule has 1 unspecified atom stereocenters. The predicted molar refractivity (Wildman–Crippen MR) is 80.3 cm³/mol. The normalized spacial score (nSPS) is 30.3. The highest BCUT2D eigenvalue weighted by Gasteiger charge is 2.21. The van der Waals surface area contributed by atoms with Crippen LogP contribution in [0.15, 0.2) is 23.8 Å². The fraction of sp³-hybridized carbons (Fsp3) is 0.688. The molecule has 0 aromatic rings. The number of hydrogen-bond acceptors (Lipinski definition) is 3. The van der Waals surface area contributed by atoms with Gasteiger partial charge in [-0.15, -0.1) is 0 Å². The Balaban J connectivity index is 2.78. The first kappa shape index (κ1) is 16.9. The van der Waals surface area contributed by atoms with Crippen LogP contribution >= 0.6 is 0 Å². The van der Waals surface area contributed by atoms with E-state index in [2.05, 4.69) is 5.32 Å². The number of aliphatic hydroxyl groups excluding tert-OH is 1. The number of nitrogens with one attached hydrogen (secondary N) is 1. The predicted octanol–water partition coefficient (Wildman–Crippen LogP) is 2.19. The minimum Gasteiger partial charge on any atom is -0.389 e. The summed E-state index contributed by atoms with van der Waals surface area (Å²) in [7, 11) is 1.62. The number of ether oxygens (including phenoxy) is 1. The fourth-order valence-electron chi connectivity index (χ4n) is 2.34. The Morgan fingerprint density at radius 1 is 1.40 bits per heavy atom. The van der Waals surface area contributed by atoms with Crippen LogP contribution in [0.1, 0.15) is 39.5 Å². The highest BCUT2D eigenvalue weighted by molar-refractivity contribution is 5.76. The number of rotatable bonds is 1. The quantitative estimate of drug-likeness (QED) is 0.724. The molecule has 0 fully saturated rings. The molecule has 0 bridgehead atoms. The van der Waals surface area contributed by atoms with Crippen LogP contribution in [0.3, 0.4) is 0 Å². The number of carbonyl (C=O) groups is 1. The monoisotopic (exact) mass is 281 g/mol. The average molecular weight is 281 g/mol. The molecule has 0 aromatic heterocycles. The van der Waals surface area contributed by atoms with Gasteiger partial charge in [0.15, 0.2) is 0 Å². The van der Waals surface area contributed by atoms with Gasteiger partial charge in [0, 0.05) is 26.0 Å². The molecule has 0 saturated carbocycles. The minimum absolute atomic E-state index is 0.0237. The summed E-state index contributed by atoms with van der Waals surface area (Å²) in [5.74, 6) is 0.0752. The van der Waals surface area contributed by atoms with E-state index in [0.29, 0.717) is 13.0 Å². The molecule has 0 aromatic carbocycles. The van der Waals surface area contributed by atoms with Crippen LogP contribution in [0.5, 0.6) is 0 Å². The zero-order chi connectivity index (χ0) is 15.0. The SMILES string of the molecule is CO[C@H]1C=CCCCCC(=O)NCC(C)=C[C@@H](C)C1O. The number of carbonyl (C=O) groups excluding carboxylic acids is 1. The molecular formula is C16H27NO3. The lowest BCUT2D eigenvalue weighted by Gasteiger charge is -2.23. The molecule has 0 aliphatic carbocycles. The molecule has 4 nitrogen and oxygen atoms in total. The number of hydrogen-bond donors (Lipinski definition) is 2. The molecule has 1 aliphatic rings. The van der Waals surface area contributed by atoms with E-state index in [1.165, 1.54) is 0 Å². The molecular weight excluding hydrogens is 254 g/mol. The third kappa shape index (κ3) is 5.88. The molecule has 1 amide bonds. The summed E-state index contributed by atoms with van der Waals surface area (Å²) in [5.41, 5.74) is 1.06. The van der Waals surface area contributed by atoms with Crippen molar-refractivity contribution in [2.75, 3.05) is 13.7 Å². The van der Waals surface area contributed by atoms with Gasteiger partial charge >= 0.3 is 0 Å². The van der Waals surface area contributed by atoms with Gasteiger partial charge in [-0.05, 0) is 26.2 Å². The van der Waals surface area contributed by atoms with Crippen molar-refractivity contribution in [1.29, 1.82) is 0 Å². The molecule has 1 heterocycles. The van der Waals surface area contributed by atoms with Crippen LogP contribution in [0.4, 0.5) is 0 Å². The van der Waals surface area contributed by atoms with Crippen LogP contribution in [0, 0.1) is 5.92 Å². The van der Waals surface area contributed by atoms with Crippen molar-refractivity contribution in [1.82, 2.24) is 5.32 Å². The summed E-state index contributed by atoms with van der Waals surface area (Å²) in [6.45, 7) is 4.47. The zero-order valence-electron chi connectivity index (χ0n) is 12.8. The number of methoxy groups -OCH3 is 1. The van der Waals surface area contributed by atoms with E-state index >= 15 is 0 Å². The summed E-state index contributed by atoms with van der Waals surface area (Å²) in [6.07, 6.45) is 8.43.